The summed E-state index contributed by atoms with van der Waals surface area (Å²) in [6.07, 6.45) is 0. The summed E-state index contributed by atoms with van der Waals surface area (Å²) in [4.78, 5) is 2.95. The largest absolute Gasteiger partial charge is 0.330 e. The maximum atomic E-state index is 13.2. The standard InChI is InChI=1S/C14H8FN3S/c15-10-5-6-13-11(7-10)17-14(19)18(13)12-4-2-1-3-9(12)8-16/h1-7H,(H,17,19). The molecule has 5 heteroatoms. The van der Waals surface area contributed by atoms with E-state index in [0.717, 1.165) is 5.52 Å². The van der Waals surface area contributed by atoms with Crippen LogP contribution in [0.4, 0.5) is 4.39 Å². The van der Waals surface area contributed by atoms with Crippen molar-refractivity contribution < 1.29 is 4.39 Å². The lowest BCUT2D eigenvalue weighted by Crippen LogP contribution is -1.97. The average molecular weight is 269 g/mol. The van der Waals surface area contributed by atoms with Crippen molar-refractivity contribution >= 4 is 23.3 Å². The van der Waals surface area contributed by atoms with Crippen LogP contribution in [0.3, 0.4) is 0 Å². The van der Waals surface area contributed by atoms with Crippen molar-refractivity contribution in [3.8, 4) is 11.8 Å². The molecular formula is C14H8FN3S. The van der Waals surface area contributed by atoms with E-state index in [1.54, 1.807) is 22.8 Å². The van der Waals surface area contributed by atoms with Crippen LogP contribution in [0.25, 0.3) is 16.7 Å². The number of rotatable bonds is 1. The van der Waals surface area contributed by atoms with Crippen LogP contribution in [0.5, 0.6) is 0 Å². The van der Waals surface area contributed by atoms with Crippen LogP contribution in [-0.4, -0.2) is 9.55 Å². The summed E-state index contributed by atoms with van der Waals surface area (Å²) in [5.41, 5.74) is 2.56. The number of nitrogens with one attached hydrogen (secondary N) is 1. The van der Waals surface area contributed by atoms with Crippen molar-refractivity contribution in [1.82, 2.24) is 9.55 Å². The van der Waals surface area contributed by atoms with Crippen molar-refractivity contribution in [2.24, 2.45) is 0 Å². The van der Waals surface area contributed by atoms with Gasteiger partial charge in [0.25, 0.3) is 0 Å². The molecule has 3 nitrogen and oxygen atoms in total. The summed E-state index contributed by atoms with van der Waals surface area (Å²) < 4.78 is 15.4. The number of nitriles is 1. The lowest BCUT2D eigenvalue weighted by Gasteiger charge is -2.06. The number of halogens is 1. The maximum Gasteiger partial charge on any atom is 0.182 e. The zero-order valence-electron chi connectivity index (χ0n) is 9.72. The van der Waals surface area contributed by atoms with Gasteiger partial charge in [-0.05, 0) is 42.5 Å². The molecule has 0 atom stereocenters. The molecule has 19 heavy (non-hydrogen) atoms. The summed E-state index contributed by atoms with van der Waals surface area (Å²) >= 11 is 5.26. The molecule has 0 aliphatic rings. The molecule has 0 bridgehead atoms. The van der Waals surface area contributed by atoms with E-state index in [1.165, 1.54) is 12.1 Å². The van der Waals surface area contributed by atoms with Gasteiger partial charge in [0.05, 0.1) is 22.3 Å². The SMILES string of the molecule is N#Cc1ccccc1-n1c(=S)[nH]c2cc(F)ccc21. The Morgan fingerprint density at radius 1 is 1.21 bits per heavy atom. The first-order chi connectivity index (χ1) is 9.20. The van der Waals surface area contributed by atoms with Crippen LogP contribution in [0.15, 0.2) is 42.5 Å². The van der Waals surface area contributed by atoms with Gasteiger partial charge in [0, 0.05) is 0 Å². The van der Waals surface area contributed by atoms with Crippen molar-refractivity contribution in [2.75, 3.05) is 0 Å². The Kier molecular flexibility index (Phi) is 2.65. The Hall–Kier alpha value is -2.45. The van der Waals surface area contributed by atoms with Crippen molar-refractivity contribution in [2.45, 2.75) is 0 Å². The van der Waals surface area contributed by atoms with Gasteiger partial charge < -0.3 is 4.98 Å². The normalized spacial score (nSPS) is 10.5. The number of nitrogens with zero attached hydrogens (tertiary/aromatic N) is 2. The van der Waals surface area contributed by atoms with Crippen molar-refractivity contribution in [3.05, 3.63) is 58.6 Å². The molecule has 92 valence electrons. The monoisotopic (exact) mass is 269 g/mol. The van der Waals surface area contributed by atoms with Gasteiger partial charge in [-0.25, -0.2) is 4.39 Å². The van der Waals surface area contributed by atoms with E-state index >= 15 is 0 Å². The molecule has 1 aromatic heterocycles. The van der Waals surface area contributed by atoms with Crippen LogP contribution in [0, 0.1) is 21.9 Å². The van der Waals surface area contributed by atoms with Crippen LogP contribution < -0.4 is 0 Å². The van der Waals surface area contributed by atoms with E-state index < -0.39 is 0 Å². The molecule has 1 N–H and O–H groups in total. The minimum absolute atomic E-state index is 0.329. The second kappa shape index (κ2) is 4.34. The number of hydrogen-bond donors (Lipinski definition) is 1. The highest BCUT2D eigenvalue weighted by Gasteiger charge is 2.10. The molecule has 0 spiro atoms. The first-order valence-corrected chi connectivity index (χ1v) is 6.01. The van der Waals surface area contributed by atoms with Crippen LogP contribution in [0.2, 0.25) is 0 Å². The Labute approximate surface area is 113 Å². The summed E-state index contributed by atoms with van der Waals surface area (Å²) in [7, 11) is 0. The number of fused-ring (bicyclic) bond motifs is 1. The predicted molar refractivity (Wildman–Crippen MR) is 73.1 cm³/mol. The highest BCUT2D eigenvalue weighted by atomic mass is 32.1. The van der Waals surface area contributed by atoms with Crippen LogP contribution in [-0.2, 0) is 0 Å². The summed E-state index contributed by atoms with van der Waals surface area (Å²) in [6, 6.07) is 13.7. The van der Waals surface area contributed by atoms with E-state index in [1.807, 2.05) is 12.1 Å². The molecule has 0 unspecified atom stereocenters. The van der Waals surface area contributed by atoms with Gasteiger partial charge in [-0.2, -0.15) is 5.26 Å². The zero-order chi connectivity index (χ0) is 13.4. The molecule has 0 radical (unpaired) electrons. The highest BCUT2D eigenvalue weighted by molar-refractivity contribution is 7.71. The summed E-state index contributed by atoms with van der Waals surface area (Å²) in [5, 5.41) is 9.16. The molecule has 0 fully saturated rings. The predicted octanol–water partition coefficient (Wildman–Crippen LogP) is 3.70. The van der Waals surface area contributed by atoms with Gasteiger partial charge in [0.1, 0.15) is 11.9 Å². The summed E-state index contributed by atoms with van der Waals surface area (Å²) in [6.45, 7) is 0. The molecular weight excluding hydrogens is 261 g/mol. The van der Waals surface area contributed by atoms with E-state index in [9.17, 15) is 4.39 Å². The summed E-state index contributed by atoms with van der Waals surface area (Å²) in [5.74, 6) is -0.329. The van der Waals surface area contributed by atoms with E-state index in [4.69, 9.17) is 17.5 Å². The fourth-order valence-corrected chi connectivity index (χ4v) is 2.39. The molecule has 2 aromatic carbocycles. The third-order valence-corrected chi connectivity index (χ3v) is 3.19. The molecule has 0 amide bonds. The molecule has 0 saturated carbocycles. The fourth-order valence-electron chi connectivity index (χ4n) is 2.09. The highest BCUT2D eigenvalue weighted by Crippen LogP contribution is 2.22. The maximum absolute atomic E-state index is 13.2. The molecule has 0 saturated heterocycles. The zero-order valence-corrected chi connectivity index (χ0v) is 10.5. The third kappa shape index (κ3) is 1.83. The third-order valence-electron chi connectivity index (χ3n) is 2.91. The molecule has 0 aliphatic heterocycles. The number of imidazole rings is 1. The Morgan fingerprint density at radius 2 is 2.00 bits per heavy atom. The van der Waals surface area contributed by atoms with E-state index in [2.05, 4.69) is 11.1 Å². The second-order valence-electron chi connectivity index (χ2n) is 4.06. The number of para-hydroxylation sites is 1. The lowest BCUT2D eigenvalue weighted by molar-refractivity contribution is 0.629. The second-order valence-corrected chi connectivity index (χ2v) is 4.44. The number of benzene rings is 2. The average Bonchev–Trinajstić information content (AvgIpc) is 2.73. The Bertz CT molecular complexity index is 870. The van der Waals surface area contributed by atoms with E-state index in [-0.39, 0.29) is 5.82 Å². The Morgan fingerprint density at radius 3 is 2.79 bits per heavy atom. The molecule has 3 aromatic rings. The molecule has 3 rings (SSSR count). The number of aromatic amines is 1. The van der Waals surface area contributed by atoms with Gasteiger partial charge in [-0.3, -0.25) is 4.57 Å². The van der Waals surface area contributed by atoms with Crippen LogP contribution in [0.1, 0.15) is 5.56 Å². The topological polar surface area (TPSA) is 44.5 Å². The van der Waals surface area contributed by atoms with Gasteiger partial charge >= 0.3 is 0 Å². The lowest BCUT2D eigenvalue weighted by atomic mass is 10.2. The minimum atomic E-state index is -0.329. The van der Waals surface area contributed by atoms with Crippen molar-refractivity contribution in [1.29, 1.82) is 5.26 Å². The number of hydrogen-bond acceptors (Lipinski definition) is 2. The molecule has 1 heterocycles. The fraction of sp³-hybridized carbons (Fsp3) is 0. The smallest absolute Gasteiger partial charge is 0.182 e. The van der Waals surface area contributed by atoms with Crippen molar-refractivity contribution in [3.63, 3.8) is 0 Å². The Balaban J connectivity index is 2.41. The van der Waals surface area contributed by atoms with Gasteiger partial charge in [-0.15, -0.1) is 0 Å². The van der Waals surface area contributed by atoms with Crippen LogP contribution >= 0.6 is 12.2 Å². The minimum Gasteiger partial charge on any atom is -0.330 e. The van der Waals surface area contributed by atoms with E-state index in [0.29, 0.717) is 21.5 Å². The first-order valence-electron chi connectivity index (χ1n) is 5.60. The molecule has 0 aliphatic carbocycles. The quantitative estimate of drug-likeness (QED) is 0.685. The van der Waals surface area contributed by atoms with Gasteiger partial charge in [0.2, 0.25) is 0 Å². The first kappa shape index (κ1) is 11.6. The number of H-pyrrole nitrogens is 1. The van der Waals surface area contributed by atoms with Gasteiger partial charge in [0.15, 0.2) is 4.77 Å². The van der Waals surface area contributed by atoms with Gasteiger partial charge in [-0.1, -0.05) is 12.1 Å². The number of aromatic nitrogens is 2.